The second-order valence-corrected chi connectivity index (χ2v) is 5.41. The molecule has 0 heterocycles. The standard InChI is InChI=1S/C15H13BrF3NO/c16-11-4-5-13(17)10(6-11)8-14(20)9-2-1-3-12(7-9)21-15(18)19/h1-7,14-15H,8,20H2. The molecule has 1 unspecified atom stereocenters. The van der Waals surface area contributed by atoms with Gasteiger partial charge in [0.25, 0.3) is 0 Å². The lowest BCUT2D eigenvalue weighted by Crippen LogP contribution is -2.14. The Morgan fingerprint density at radius 3 is 2.62 bits per heavy atom. The first-order chi connectivity index (χ1) is 9.95. The maximum absolute atomic E-state index is 13.7. The first-order valence-corrected chi connectivity index (χ1v) is 6.99. The quantitative estimate of drug-likeness (QED) is 0.856. The summed E-state index contributed by atoms with van der Waals surface area (Å²) in [5.74, 6) is -0.318. The van der Waals surface area contributed by atoms with Crippen LogP contribution in [0.3, 0.4) is 0 Å². The van der Waals surface area contributed by atoms with Crippen molar-refractivity contribution in [1.82, 2.24) is 0 Å². The van der Waals surface area contributed by atoms with E-state index in [2.05, 4.69) is 20.7 Å². The summed E-state index contributed by atoms with van der Waals surface area (Å²) < 4.78 is 43.2. The van der Waals surface area contributed by atoms with Gasteiger partial charge >= 0.3 is 6.61 Å². The minimum atomic E-state index is -2.89. The van der Waals surface area contributed by atoms with Crippen LogP contribution in [0.5, 0.6) is 5.75 Å². The van der Waals surface area contributed by atoms with Crippen LogP contribution >= 0.6 is 15.9 Å². The molecule has 0 fully saturated rings. The molecule has 2 rings (SSSR count). The molecule has 0 amide bonds. The predicted octanol–water partition coefficient (Wildman–Crippen LogP) is 4.43. The van der Waals surface area contributed by atoms with Crippen LogP contribution in [0.25, 0.3) is 0 Å². The monoisotopic (exact) mass is 359 g/mol. The number of halogens is 4. The van der Waals surface area contributed by atoms with Crippen molar-refractivity contribution in [2.24, 2.45) is 5.73 Å². The van der Waals surface area contributed by atoms with Crippen molar-refractivity contribution in [2.75, 3.05) is 0 Å². The molecule has 0 aliphatic heterocycles. The van der Waals surface area contributed by atoms with E-state index in [1.807, 2.05) is 0 Å². The third-order valence-electron chi connectivity index (χ3n) is 2.96. The van der Waals surface area contributed by atoms with Gasteiger partial charge in [-0.2, -0.15) is 8.78 Å². The fraction of sp³-hybridized carbons (Fsp3) is 0.200. The molecular formula is C15H13BrF3NO. The van der Waals surface area contributed by atoms with Crippen molar-refractivity contribution in [3.8, 4) is 5.75 Å². The Hall–Kier alpha value is -1.53. The van der Waals surface area contributed by atoms with E-state index in [4.69, 9.17) is 5.73 Å². The lowest BCUT2D eigenvalue weighted by Gasteiger charge is -2.14. The maximum Gasteiger partial charge on any atom is 0.387 e. The summed E-state index contributed by atoms with van der Waals surface area (Å²) in [7, 11) is 0. The second kappa shape index (κ2) is 6.95. The molecule has 0 aromatic heterocycles. The second-order valence-electron chi connectivity index (χ2n) is 4.50. The Morgan fingerprint density at radius 1 is 1.14 bits per heavy atom. The van der Waals surface area contributed by atoms with Gasteiger partial charge in [-0.1, -0.05) is 28.1 Å². The highest BCUT2D eigenvalue weighted by molar-refractivity contribution is 9.10. The molecule has 1 atom stereocenters. The maximum atomic E-state index is 13.7. The number of hydrogen-bond donors (Lipinski definition) is 1. The van der Waals surface area contributed by atoms with Gasteiger partial charge < -0.3 is 10.5 Å². The van der Waals surface area contributed by atoms with Crippen LogP contribution in [0, 0.1) is 5.82 Å². The average molecular weight is 360 g/mol. The SMILES string of the molecule is NC(Cc1cc(Br)ccc1F)c1cccc(OC(F)F)c1. The fourth-order valence-corrected chi connectivity index (χ4v) is 2.38. The minimum Gasteiger partial charge on any atom is -0.435 e. The zero-order valence-corrected chi connectivity index (χ0v) is 12.5. The summed E-state index contributed by atoms with van der Waals surface area (Å²) in [6.45, 7) is -2.89. The van der Waals surface area contributed by atoms with Crippen molar-refractivity contribution in [3.05, 3.63) is 63.9 Å². The zero-order chi connectivity index (χ0) is 15.4. The molecule has 2 aromatic carbocycles. The minimum absolute atomic E-state index is 0.0349. The van der Waals surface area contributed by atoms with Gasteiger partial charge in [0.2, 0.25) is 0 Å². The van der Waals surface area contributed by atoms with Crippen molar-refractivity contribution in [1.29, 1.82) is 0 Å². The molecule has 2 N–H and O–H groups in total. The predicted molar refractivity (Wildman–Crippen MR) is 77.8 cm³/mol. The van der Waals surface area contributed by atoms with Crippen molar-refractivity contribution >= 4 is 15.9 Å². The Bertz CT molecular complexity index is 622. The molecule has 2 nitrogen and oxygen atoms in total. The molecule has 0 aliphatic rings. The average Bonchev–Trinajstić information content (AvgIpc) is 2.42. The van der Waals surface area contributed by atoms with Crippen LogP contribution in [0.15, 0.2) is 46.9 Å². The highest BCUT2D eigenvalue weighted by Gasteiger charge is 2.13. The Labute approximate surface area is 128 Å². The molecule has 112 valence electrons. The molecule has 6 heteroatoms. The molecule has 0 bridgehead atoms. The summed E-state index contributed by atoms with van der Waals surface area (Å²) in [5, 5.41) is 0. The van der Waals surface area contributed by atoms with Gasteiger partial charge in [0.1, 0.15) is 11.6 Å². The summed E-state index contributed by atoms with van der Waals surface area (Å²) in [6.07, 6.45) is 0.253. The van der Waals surface area contributed by atoms with Crippen LogP contribution in [0.2, 0.25) is 0 Å². The largest absolute Gasteiger partial charge is 0.435 e. The highest BCUT2D eigenvalue weighted by Crippen LogP contribution is 2.24. The van der Waals surface area contributed by atoms with Crippen molar-refractivity contribution in [2.45, 2.75) is 19.1 Å². The lowest BCUT2D eigenvalue weighted by atomic mass is 9.99. The van der Waals surface area contributed by atoms with Gasteiger partial charge in [-0.3, -0.25) is 0 Å². The third kappa shape index (κ3) is 4.47. The van der Waals surface area contributed by atoms with Gasteiger partial charge in [0.15, 0.2) is 0 Å². The van der Waals surface area contributed by atoms with Crippen LogP contribution in [-0.2, 0) is 6.42 Å². The number of ether oxygens (including phenoxy) is 1. The topological polar surface area (TPSA) is 35.2 Å². The molecule has 21 heavy (non-hydrogen) atoms. The smallest absolute Gasteiger partial charge is 0.387 e. The van der Waals surface area contributed by atoms with Crippen molar-refractivity contribution in [3.63, 3.8) is 0 Å². The molecule has 0 aliphatic carbocycles. The fourth-order valence-electron chi connectivity index (χ4n) is 1.98. The summed E-state index contributed by atoms with van der Waals surface area (Å²) in [4.78, 5) is 0. The third-order valence-corrected chi connectivity index (χ3v) is 3.45. The van der Waals surface area contributed by atoms with E-state index in [-0.39, 0.29) is 18.0 Å². The van der Waals surface area contributed by atoms with Gasteiger partial charge in [-0.15, -0.1) is 0 Å². The van der Waals surface area contributed by atoms with E-state index < -0.39 is 12.7 Å². The number of nitrogens with two attached hydrogens (primary N) is 1. The molecule has 0 saturated carbocycles. The molecule has 0 spiro atoms. The number of benzene rings is 2. The van der Waals surface area contributed by atoms with Crippen molar-refractivity contribution < 1.29 is 17.9 Å². The normalized spacial score (nSPS) is 12.5. The highest BCUT2D eigenvalue weighted by atomic mass is 79.9. The first kappa shape index (κ1) is 15.9. The van der Waals surface area contributed by atoms with Gasteiger partial charge in [0, 0.05) is 10.5 Å². The molecule has 0 saturated heterocycles. The molecular weight excluding hydrogens is 347 g/mol. The van der Waals surface area contributed by atoms with E-state index >= 15 is 0 Å². The van der Waals surface area contributed by atoms with E-state index in [0.717, 1.165) is 4.47 Å². The Morgan fingerprint density at radius 2 is 1.90 bits per heavy atom. The summed E-state index contributed by atoms with van der Waals surface area (Å²) in [5.41, 5.74) is 7.08. The van der Waals surface area contributed by atoms with Crippen LogP contribution in [0.4, 0.5) is 13.2 Å². The Kier molecular flexibility index (Phi) is 5.25. The van der Waals surface area contributed by atoms with Crippen LogP contribution in [0.1, 0.15) is 17.2 Å². The van der Waals surface area contributed by atoms with Crippen LogP contribution < -0.4 is 10.5 Å². The van der Waals surface area contributed by atoms with E-state index in [9.17, 15) is 13.2 Å². The van der Waals surface area contributed by atoms with Gasteiger partial charge in [-0.05, 0) is 47.9 Å². The van der Waals surface area contributed by atoms with Gasteiger partial charge in [0.05, 0.1) is 0 Å². The number of alkyl halides is 2. The van der Waals surface area contributed by atoms with Crippen LogP contribution in [-0.4, -0.2) is 6.61 Å². The first-order valence-electron chi connectivity index (χ1n) is 6.20. The summed E-state index contributed by atoms with van der Waals surface area (Å²) >= 11 is 3.27. The lowest BCUT2D eigenvalue weighted by molar-refractivity contribution is -0.0498. The number of hydrogen-bond acceptors (Lipinski definition) is 2. The van der Waals surface area contributed by atoms with E-state index in [1.54, 1.807) is 24.3 Å². The van der Waals surface area contributed by atoms with E-state index in [0.29, 0.717) is 11.1 Å². The molecule has 2 aromatic rings. The number of rotatable bonds is 5. The zero-order valence-electron chi connectivity index (χ0n) is 10.9. The van der Waals surface area contributed by atoms with E-state index in [1.165, 1.54) is 18.2 Å². The molecule has 0 radical (unpaired) electrons. The summed E-state index contributed by atoms with van der Waals surface area (Å²) in [6, 6.07) is 10.2. The Balaban J connectivity index is 2.16. The van der Waals surface area contributed by atoms with Gasteiger partial charge in [-0.25, -0.2) is 4.39 Å².